The van der Waals surface area contributed by atoms with Crippen LogP contribution in [0.3, 0.4) is 0 Å². The zero-order valence-electron chi connectivity index (χ0n) is 11.4. The first-order valence-electron chi connectivity index (χ1n) is 6.86. The van der Waals surface area contributed by atoms with Crippen molar-refractivity contribution >= 4 is 34.9 Å². The third-order valence-electron chi connectivity index (χ3n) is 4.00. The first kappa shape index (κ1) is 13.9. The number of hydrogen-bond acceptors (Lipinski definition) is 4. The largest absolute Gasteiger partial charge is 0.354 e. The average Bonchev–Trinajstić information content (AvgIpc) is 3.09. The minimum atomic E-state index is -0.289. The summed E-state index contributed by atoms with van der Waals surface area (Å²) in [5.74, 6) is 0.830. The molecule has 20 heavy (non-hydrogen) atoms. The Balaban J connectivity index is 1.56. The van der Waals surface area contributed by atoms with Gasteiger partial charge in [-0.3, -0.25) is 9.59 Å². The molecule has 2 fully saturated rings. The number of carbonyl (C=O) groups excluding carboxylic acids is 2. The number of amides is 2. The van der Waals surface area contributed by atoms with Crippen molar-refractivity contribution in [1.82, 2.24) is 10.2 Å². The molecule has 0 spiro atoms. The van der Waals surface area contributed by atoms with Gasteiger partial charge in [-0.05, 0) is 31.2 Å². The monoisotopic (exact) mass is 310 g/mol. The van der Waals surface area contributed by atoms with Crippen LogP contribution in [0.4, 0.5) is 0 Å². The molecule has 2 atom stereocenters. The van der Waals surface area contributed by atoms with E-state index in [1.807, 2.05) is 11.4 Å². The van der Waals surface area contributed by atoms with E-state index in [-0.39, 0.29) is 22.7 Å². The quantitative estimate of drug-likeness (QED) is 0.923. The zero-order chi connectivity index (χ0) is 14.2. The second kappa shape index (κ2) is 5.41. The molecule has 4 nitrogen and oxygen atoms in total. The van der Waals surface area contributed by atoms with Crippen molar-refractivity contribution in [2.45, 2.75) is 37.1 Å². The van der Waals surface area contributed by atoms with Crippen LogP contribution in [0.25, 0.3) is 0 Å². The second-order valence-corrected chi connectivity index (χ2v) is 7.92. The zero-order valence-corrected chi connectivity index (χ0v) is 13.1. The Morgan fingerprint density at radius 1 is 1.60 bits per heavy atom. The molecule has 0 saturated carbocycles. The standard InChI is InChI=1S/C14H18N2O2S2/c1-14-6-4-12(17)16(14)11(9-20-14)13(18)15-7-5-10-3-2-8-19-10/h2-3,8,11H,4-7,9H2,1H3,(H,15,18)/t11-,14-/m1/s1. The second-order valence-electron chi connectivity index (χ2n) is 5.39. The van der Waals surface area contributed by atoms with Gasteiger partial charge in [0.05, 0.1) is 4.87 Å². The predicted octanol–water partition coefficient (Wildman–Crippen LogP) is 1.86. The van der Waals surface area contributed by atoms with Gasteiger partial charge in [0.1, 0.15) is 6.04 Å². The van der Waals surface area contributed by atoms with Crippen molar-refractivity contribution in [2.24, 2.45) is 0 Å². The van der Waals surface area contributed by atoms with Crippen molar-refractivity contribution in [3.8, 4) is 0 Å². The van der Waals surface area contributed by atoms with Gasteiger partial charge in [0.2, 0.25) is 11.8 Å². The topological polar surface area (TPSA) is 49.4 Å². The van der Waals surface area contributed by atoms with Crippen molar-refractivity contribution in [3.63, 3.8) is 0 Å². The fourth-order valence-corrected chi connectivity index (χ4v) is 5.04. The molecule has 1 N–H and O–H groups in total. The van der Waals surface area contributed by atoms with E-state index in [1.54, 1.807) is 28.0 Å². The Hall–Kier alpha value is -1.01. The molecule has 0 unspecified atom stereocenters. The molecule has 1 aromatic rings. The number of thioether (sulfide) groups is 1. The van der Waals surface area contributed by atoms with Crippen LogP contribution >= 0.6 is 23.1 Å². The Labute approximate surface area is 126 Å². The number of thiophene rings is 1. The summed E-state index contributed by atoms with van der Waals surface area (Å²) in [6, 6.07) is 3.80. The van der Waals surface area contributed by atoms with E-state index in [0.29, 0.717) is 18.7 Å². The Morgan fingerprint density at radius 3 is 3.20 bits per heavy atom. The Morgan fingerprint density at radius 2 is 2.45 bits per heavy atom. The molecule has 2 aliphatic heterocycles. The molecule has 2 amide bonds. The molecule has 3 rings (SSSR count). The molecule has 2 saturated heterocycles. The molecular formula is C14H18N2O2S2. The number of nitrogens with one attached hydrogen (secondary N) is 1. The molecule has 0 aliphatic carbocycles. The average molecular weight is 310 g/mol. The van der Waals surface area contributed by atoms with Crippen LogP contribution < -0.4 is 5.32 Å². The van der Waals surface area contributed by atoms with E-state index in [2.05, 4.69) is 18.3 Å². The van der Waals surface area contributed by atoms with E-state index in [4.69, 9.17) is 0 Å². The van der Waals surface area contributed by atoms with Crippen LogP contribution in [0.2, 0.25) is 0 Å². The van der Waals surface area contributed by atoms with E-state index >= 15 is 0 Å². The van der Waals surface area contributed by atoms with Crippen LogP contribution in [-0.2, 0) is 16.0 Å². The van der Waals surface area contributed by atoms with Gasteiger partial charge in [0.25, 0.3) is 0 Å². The van der Waals surface area contributed by atoms with Gasteiger partial charge < -0.3 is 10.2 Å². The highest BCUT2D eigenvalue weighted by Gasteiger charge is 2.52. The maximum Gasteiger partial charge on any atom is 0.243 e. The van der Waals surface area contributed by atoms with Gasteiger partial charge in [-0.1, -0.05) is 6.07 Å². The summed E-state index contributed by atoms with van der Waals surface area (Å²) >= 11 is 3.44. The number of nitrogens with zero attached hydrogens (tertiary/aromatic N) is 1. The van der Waals surface area contributed by atoms with Crippen LogP contribution in [0.5, 0.6) is 0 Å². The third-order valence-corrected chi connectivity index (χ3v) is 6.44. The van der Waals surface area contributed by atoms with Crippen molar-refractivity contribution in [1.29, 1.82) is 0 Å². The van der Waals surface area contributed by atoms with Gasteiger partial charge in [-0.25, -0.2) is 0 Å². The van der Waals surface area contributed by atoms with Crippen LogP contribution in [0.1, 0.15) is 24.6 Å². The number of carbonyl (C=O) groups is 2. The Bertz CT molecular complexity index is 517. The Kier molecular flexibility index (Phi) is 3.77. The van der Waals surface area contributed by atoms with E-state index in [9.17, 15) is 9.59 Å². The molecule has 6 heteroatoms. The summed E-state index contributed by atoms with van der Waals surface area (Å²) in [6.07, 6.45) is 2.28. The minimum Gasteiger partial charge on any atom is -0.354 e. The first-order chi connectivity index (χ1) is 9.60. The summed E-state index contributed by atoms with van der Waals surface area (Å²) in [7, 11) is 0. The lowest BCUT2D eigenvalue weighted by Crippen LogP contribution is -2.50. The SMILES string of the molecule is C[C@@]12CCC(=O)N1[C@@H](C(=O)NCCc1cccs1)CS2. The lowest BCUT2D eigenvalue weighted by Gasteiger charge is -2.29. The number of rotatable bonds is 4. The van der Waals surface area contributed by atoms with Gasteiger partial charge in [0.15, 0.2) is 0 Å². The van der Waals surface area contributed by atoms with Crippen molar-refractivity contribution < 1.29 is 9.59 Å². The molecule has 3 heterocycles. The van der Waals surface area contributed by atoms with Crippen molar-refractivity contribution in [2.75, 3.05) is 12.3 Å². The molecular weight excluding hydrogens is 292 g/mol. The van der Waals surface area contributed by atoms with E-state index < -0.39 is 0 Å². The summed E-state index contributed by atoms with van der Waals surface area (Å²) in [4.78, 5) is 27.2. The summed E-state index contributed by atoms with van der Waals surface area (Å²) < 4.78 is 0. The van der Waals surface area contributed by atoms with Crippen LogP contribution in [0, 0.1) is 0 Å². The fourth-order valence-electron chi connectivity index (χ4n) is 2.90. The van der Waals surface area contributed by atoms with E-state index in [0.717, 1.165) is 12.8 Å². The van der Waals surface area contributed by atoms with Crippen molar-refractivity contribution in [3.05, 3.63) is 22.4 Å². The lowest BCUT2D eigenvalue weighted by atomic mass is 10.2. The summed E-state index contributed by atoms with van der Waals surface area (Å²) in [6.45, 7) is 2.71. The maximum atomic E-state index is 12.3. The molecule has 0 radical (unpaired) electrons. The van der Waals surface area contributed by atoms with Crippen LogP contribution in [-0.4, -0.2) is 39.9 Å². The fraction of sp³-hybridized carbons (Fsp3) is 0.571. The van der Waals surface area contributed by atoms with Crippen LogP contribution in [0.15, 0.2) is 17.5 Å². The number of hydrogen-bond donors (Lipinski definition) is 1. The molecule has 2 aliphatic rings. The van der Waals surface area contributed by atoms with Gasteiger partial charge >= 0.3 is 0 Å². The number of fused-ring (bicyclic) bond motifs is 1. The summed E-state index contributed by atoms with van der Waals surface area (Å²) in [5.41, 5.74) is 0. The third kappa shape index (κ3) is 2.46. The smallest absolute Gasteiger partial charge is 0.243 e. The highest BCUT2D eigenvalue weighted by atomic mass is 32.2. The van der Waals surface area contributed by atoms with Gasteiger partial charge in [-0.2, -0.15) is 0 Å². The normalized spacial score (nSPS) is 28.8. The highest BCUT2D eigenvalue weighted by Crippen LogP contribution is 2.47. The summed E-state index contributed by atoms with van der Waals surface area (Å²) in [5, 5.41) is 5.01. The molecule has 0 bridgehead atoms. The maximum absolute atomic E-state index is 12.3. The predicted molar refractivity (Wildman–Crippen MR) is 81.8 cm³/mol. The first-order valence-corrected chi connectivity index (χ1v) is 8.73. The molecule has 108 valence electrons. The molecule has 0 aromatic carbocycles. The minimum absolute atomic E-state index is 0.00645. The lowest BCUT2D eigenvalue weighted by molar-refractivity contribution is -0.137. The molecule has 1 aromatic heterocycles. The van der Waals surface area contributed by atoms with Gasteiger partial charge in [-0.15, -0.1) is 23.1 Å². The highest BCUT2D eigenvalue weighted by molar-refractivity contribution is 8.01. The van der Waals surface area contributed by atoms with E-state index in [1.165, 1.54) is 4.88 Å². The van der Waals surface area contributed by atoms with Gasteiger partial charge in [0, 0.05) is 23.6 Å².